The molecule has 2 aliphatic heterocycles. The lowest BCUT2D eigenvalue weighted by Gasteiger charge is -2.36. The molecular formula is C24H38N4O4. The quantitative estimate of drug-likeness (QED) is 0.609. The monoisotopic (exact) mass is 446 g/mol. The zero-order valence-electron chi connectivity index (χ0n) is 19.4. The molecule has 1 amide bonds. The summed E-state index contributed by atoms with van der Waals surface area (Å²) in [5.41, 5.74) is 7.54. The Hall–Kier alpha value is -1.87. The average molecular weight is 447 g/mol. The molecule has 1 aromatic rings. The summed E-state index contributed by atoms with van der Waals surface area (Å²) in [4.78, 5) is 18.0. The SMILES string of the molecule is COc1cc(CN2C[C@H]3CC[C@@H](C2)C3N)ccc1OCC(O)CN1CCN(C(C)=O)CC1. The number of hydrogen-bond acceptors (Lipinski definition) is 7. The molecule has 8 nitrogen and oxygen atoms in total. The number of methoxy groups -OCH3 is 1. The van der Waals surface area contributed by atoms with Gasteiger partial charge < -0.3 is 25.2 Å². The van der Waals surface area contributed by atoms with Crippen molar-refractivity contribution < 1.29 is 19.4 Å². The number of aliphatic hydroxyl groups excluding tert-OH is 1. The lowest BCUT2D eigenvalue weighted by Crippen LogP contribution is -2.50. The number of piperazine rings is 1. The lowest BCUT2D eigenvalue weighted by atomic mass is 9.93. The predicted molar refractivity (Wildman–Crippen MR) is 123 cm³/mol. The zero-order valence-corrected chi connectivity index (χ0v) is 19.4. The maximum absolute atomic E-state index is 11.4. The van der Waals surface area contributed by atoms with E-state index in [0.29, 0.717) is 49.0 Å². The molecule has 178 valence electrons. The number of benzene rings is 1. The number of nitrogens with zero attached hydrogens (tertiary/aromatic N) is 3. The van der Waals surface area contributed by atoms with Crippen LogP contribution in [0.1, 0.15) is 25.3 Å². The number of ether oxygens (including phenoxy) is 2. The molecule has 8 heteroatoms. The van der Waals surface area contributed by atoms with Crippen molar-refractivity contribution in [3.8, 4) is 11.5 Å². The molecule has 1 saturated carbocycles. The largest absolute Gasteiger partial charge is 0.493 e. The first-order valence-electron chi connectivity index (χ1n) is 11.9. The number of fused-ring (bicyclic) bond motifs is 2. The van der Waals surface area contributed by atoms with Gasteiger partial charge in [-0.25, -0.2) is 0 Å². The van der Waals surface area contributed by atoms with Gasteiger partial charge in [0.25, 0.3) is 0 Å². The molecule has 2 bridgehead atoms. The Morgan fingerprint density at radius 1 is 1.12 bits per heavy atom. The van der Waals surface area contributed by atoms with Crippen molar-refractivity contribution >= 4 is 5.91 Å². The Bertz CT molecular complexity index is 769. The summed E-state index contributed by atoms with van der Waals surface area (Å²) in [6.07, 6.45) is 1.91. The fourth-order valence-electron chi connectivity index (χ4n) is 5.46. The van der Waals surface area contributed by atoms with Crippen LogP contribution in [0.15, 0.2) is 18.2 Å². The van der Waals surface area contributed by atoms with Gasteiger partial charge in [0.05, 0.1) is 7.11 Å². The third-order valence-electron chi connectivity index (χ3n) is 7.33. The minimum Gasteiger partial charge on any atom is -0.493 e. The molecule has 1 aliphatic carbocycles. The van der Waals surface area contributed by atoms with Crippen LogP contribution in [0, 0.1) is 11.8 Å². The van der Waals surface area contributed by atoms with Crippen LogP contribution in [0.4, 0.5) is 0 Å². The maximum Gasteiger partial charge on any atom is 0.219 e. The number of amides is 1. The molecule has 32 heavy (non-hydrogen) atoms. The molecule has 0 spiro atoms. The molecule has 3 N–H and O–H groups in total. The first kappa shape index (κ1) is 23.3. The van der Waals surface area contributed by atoms with Crippen LogP contribution in [0.2, 0.25) is 0 Å². The number of nitrogens with two attached hydrogens (primary N) is 1. The van der Waals surface area contributed by atoms with E-state index in [0.717, 1.165) is 32.7 Å². The molecule has 4 rings (SSSR count). The van der Waals surface area contributed by atoms with Gasteiger partial charge in [0.15, 0.2) is 11.5 Å². The van der Waals surface area contributed by atoms with Gasteiger partial charge >= 0.3 is 0 Å². The van der Waals surface area contributed by atoms with Gasteiger partial charge in [0, 0.05) is 65.3 Å². The summed E-state index contributed by atoms with van der Waals surface area (Å²) in [7, 11) is 1.65. The van der Waals surface area contributed by atoms with E-state index in [1.165, 1.54) is 18.4 Å². The molecule has 2 unspecified atom stereocenters. The van der Waals surface area contributed by atoms with Crippen LogP contribution in [0.5, 0.6) is 11.5 Å². The summed E-state index contributed by atoms with van der Waals surface area (Å²) in [6.45, 7) is 8.35. The Morgan fingerprint density at radius 3 is 2.44 bits per heavy atom. The van der Waals surface area contributed by atoms with Gasteiger partial charge in [-0.3, -0.25) is 14.6 Å². The highest BCUT2D eigenvalue weighted by molar-refractivity contribution is 5.73. The first-order chi connectivity index (χ1) is 15.4. The highest BCUT2D eigenvalue weighted by Crippen LogP contribution is 2.36. The molecule has 4 atom stereocenters. The normalized spacial score (nSPS) is 27.4. The van der Waals surface area contributed by atoms with Gasteiger partial charge in [-0.05, 0) is 42.4 Å². The number of carbonyl (C=O) groups excluding carboxylic acids is 1. The molecule has 2 heterocycles. The van der Waals surface area contributed by atoms with E-state index >= 15 is 0 Å². The fourth-order valence-corrected chi connectivity index (χ4v) is 5.46. The smallest absolute Gasteiger partial charge is 0.219 e. The van der Waals surface area contributed by atoms with Crippen molar-refractivity contribution in [2.24, 2.45) is 17.6 Å². The summed E-state index contributed by atoms with van der Waals surface area (Å²) >= 11 is 0. The predicted octanol–water partition coefficient (Wildman–Crippen LogP) is 0.768. The van der Waals surface area contributed by atoms with Gasteiger partial charge in [-0.1, -0.05) is 6.07 Å². The second-order valence-electron chi connectivity index (χ2n) is 9.63. The molecule has 1 aromatic carbocycles. The second kappa shape index (κ2) is 10.4. The van der Waals surface area contributed by atoms with Gasteiger partial charge in [-0.15, -0.1) is 0 Å². The van der Waals surface area contributed by atoms with Crippen molar-refractivity contribution in [1.82, 2.24) is 14.7 Å². The van der Waals surface area contributed by atoms with Gasteiger partial charge in [-0.2, -0.15) is 0 Å². The molecule has 3 fully saturated rings. The lowest BCUT2D eigenvalue weighted by molar-refractivity contribution is -0.130. The minimum atomic E-state index is -0.601. The fraction of sp³-hybridized carbons (Fsp3) is 0.708. The number of carbonyl (C=O) groups is 1. The van der Waals surface area contributed by atoms with E-state index in [2.05, 4.69) is 15.9 Å². The number of piperidine rings is 1. The Balaban J connectivity index is 1.25. The van der Waals surface area contributed by atoms with Crippen LogP contribution in [0.3, 0.4) is 0 Å². The van der Waals surface area contributed by atoms with E-state index in [1.807, 2.05) is 17.0 Å². The van der Waals surface area contributed by atoms with Crippen LogP contribution in [-0.4, -0.2) is 97.4 Å². The van der Waals surface area contributed by atoms with Crippen molar-refractivity contribution in [1.29, 1.82) is 0 Å². The standard InChI is InChI=1S/C24H38N4O4/c1-17(29)28-9-7-26(8-10-28)15-21(30)16-32-22-6-3-18(11-23(22)31-2)12-27-13-19-4-5-20(14-27)24(19)25/h3,6,11,19-21,24,30H,4-5,7-10,12-16,25H2,1-2H3/t19-,20+,21?,24?. The van der Waals surface area contributed by atoms with E-state index in [9.17, 15) is 9.90 Å². The first-order valence-corrected chi connectivity index (χ1v) is 11.9. The number of aliphatic hydroxyl groups is 1. The molecule has 3 aliphatic rings. The average Bonchev–Trinajstić information content (AvgIpc) is 2.98. The third-order valence-corrected chi connectivity index (χ3v) is 7.33. The number of β-amino-alcohol motifs (C(OH)–C–C–N with tert-alkyl or cyclic N) is 1. The number of hydrogen-bond donors (Lipinski definition) is 2. The van der Waals surface area contributed by atoms with Crippen molar-refractivity contribution in [3.05, 3.63) is 23.8 Å². The number of rotatable bonds is 8. The minimum absolute atomic E-state index is 0.111. The maximum atomic E-state index is 11.4. The summed E-state index contributed by atoms with van der Waals surface area (Å²) < 4.78 is 11.5. The second-order valence-corrected chi connectivity index (χ2v) is 9.63. The van der Waals surface area contributed by atoms with Crippen molar-refractivity contribution in [2.45, 2.75) is 38.5 Å². The Kier molecular flexibility index (Phi) is 7.55. The summed E-state index contributed by atoms with van der Waals surface area (Å²) in [6, 6.07) is 6.44. The highest BCUT2D eigenvalue weighted by Gasteiger charge is 2.39. The Morgan fingerprint density at radius 2 is 1.81 bits per heavy atom. The summed E-state index contributed by atoms with van der Waals surface area (Å²) in [5.74, 6) is 2.72. The van der Waals surface area contributed by atoms with E-state index in [1.54, 1.807) is 14.0 Å². The highest BCUT2D eigenvalue weighted by atomic mass is 16.5. The van der Waals surface area contributed by atoms with Crippen LogP contribution in [0.25, 0.3) is 0 Å². The summed E-state index contributed by atoms with van der Waals surface area (Å²) in [5, 5.41) is 10.4. The van der Waals surface area contributed by atoms with Crippen LogP contribution < -0.4 is 15.2 Å². The Labute approximate surface area is 191 Å². The topological polar surface area (TPSA) is 91.5 Å². The molecule has 2 saturated heterocycles. The van der Waals surface area contributed by atoms with E-state index < -0.39 is 6.10 Å². The van der Waals surface area contributed by atoms with Crippen molar-refractivity contribution in [2.75, 3.05) is 59.5 Å². The van der Waals surface area contributed by atoms with Crippen molar-refractivity contribution in [3.63, 3.8) is 0 Å². The number of likely N-dealkylation sites (tertiary alicyclic amines) is 1. The molecule has 0 radical (unpaired) electrons. The zero-order chi connectivity index (χ0) is 22.7. The van der Waals surface area contributed by atoms with Gasteiger partial charge in [0.1, 0.15) is 12.7 Å². The van der Waals surface area contributed by atoms with Gasteiger partial charge in [0.2, 0.25) is 5.91 Å². The molecule has 0 aromatic heterocycles. The molecular weight excluding hydrogens is 408 g/mol. The van der Waals surface area contributed by atoms with Crippen LogP contribution in [-0.2, 0) is 11.3 Å². The third kappa shape index (κ3) is 5.54. The van der Waals surface area contributed by atoms with E-state index in [4.69, 9.17) is 15.2 Å². The van der Waals surface area contributed by atoms with Crippen LogP contribution >= 0.6 is 0 Å². The van der Waals surface area contributed by atoms with E-state index in [-0.39, 0.29) is 12.5 Å².